The van der Waals surface area contributed by atoms with Crippen LogP contribution in [0.15, 0.2) is 22.7 Å². The number of rotatable bonds is 6. The number of halogens is 2. The number of ether oxygens (including phenoxy) is 1. The highest BCUT2D eigenvalue weighted by Gasteiger charge is 2.16. The molecular formula is C14H17F2N3O2. The summed E-state index contributed by atoms with van der Waals surface area (Å²) in [5, 5.41) is 3.75. The van der Waals surface area contributed by atoms with Gasteiger partial charge < -0.3 is 15.0 Å². The number of hydrogen-bond donors (Lipinski definition) is 1. The van der Waals surface area contributed by atoms with Crippen molar-refractivity contribution in [3.63, 3.8) is 0 Å². The quantitative estimate of drug-likeness (QED) is 0.886. The van der Waals surface area contributed by atoms with Crippen molar-refractivity contribution in [2.45, 2.75) is 32.4 Å². The average Bonchev–Trinajstić information content (AvgIpc) is 2.88. The van der Waals surface area contributed by atoms with E-state index in [0.29, 0.717) is 5.82 Å². The van der Waals surface area contributed by atoms with Crippen LogP contribution in [0.5, 0.6) is 0 Å². The smallest absolute Gasteiger partial charge is 0.231 e. The minimum absolute atomic E-state index is 0.0516. The molecule has 0 aliphatic carbocycles. The number of benzene rings is 1. The zero-order chi connectivity index (χ0) is 15.4. The van der Waals surface area contributed by atoms with E-state index in [1.165, 1.54) is 12.1 Å². The van der Waals surface area contributed by atoms with Gasteiger partial charge in [-0.25, -0.2) is 8.78 Å². The number of hydrogen-bond acceptors (Lipinski definition) is 5. The minimum atomic E-state index is -0.651. The third-order valence-corrected chi connectivity index (χ3v) is 2.78. The fourth-order valence-electron chi connectivity index (χ4n) is 1.69. The lowest BCUT2D eigenvalue weighted by atomic mass is 10.1. The van der Waals surface area contributed by atoms with Crippen LogP contribution in [-0.2, 0) is 11.2 Å². The predicted octanol–water partition coefficient (Wildman–Crippen LogP) is 2.36. The summed E-state index contributed by atoms with van der Waals surface area (Å²) in [5.41, 5.74) is 6.14. The van der Waals surface area contributed by atoms with E-state index in [-0.39, 0.29) is 30.6 Å². The molecule has 1 aromatic carbocycles. The normalized spacial score (nSPS) is 12.9. The fourth-order valence-corrected chi connectivity index (χ4v) is 1.69. The monoisotopic (exact) mass is 297 g/mol. The van der Waals surface area contributed by atoms with Gasteiger partial charge in [0.2, 0.25) is 5.89 Å². The molecule has 0 bridgehead atoms. The van der Waals surface area contributed by atoms with Gasteiger partial charge in [-0.15, -0.1) is 0 Å². The van der Waals surface area contributed by atoms with Gasteiger partial charge in [-0.1, -0.05) is 11.2 Å². The average molecular weight is 297 g/mol. The summed E-state index contributed by atoms with van der Waals surface area (Å²) in [4.78, 5) is 4.10. The van der Waals surface area contributed by atoms with E-state index in [4.69, 9.17) is 15.0 Å². The van der Waals surface area contributed by atoms with Crippen molar-refractivity contribution < 1.29 is 18.0 Å². The topological polar surface area (TPSA) is 74.2 Å². The molecule has 5 nitrogen and oxygen atoms in total. The predicted molar refractivity (Wildman–Crippen MR) is 71.5 cm³/mol. The molecule has 0 saturated heterocycles. The Labute approximate surface area is 121 Å². The molecule has 1 atom stereocenters. The third kappa shape index (κ3) is 4.30. The zero-order valence-corrected chi connectivity index (χ0v) is 11.8. The highest BCUT2D eigenvalue weighted by atomic mass is 19.1. The van der Waals surface area contributed by atoms with Crippen LogP contribution in [0.4, 0.5) is 8.78 Å². The Morgan fingerprint density at radius 1 is 1.33 bits per heavy atom. The Morgan fingerprint density at radius 2 is 2.10 bits per heavy atom. The van der Waals surface area contributed by atoms with Gasteiger partial charge >= 0.3 is 0 Å². The first-order chi connectivity index (χ1) is 9.95. The molecule has 1 heterocycles. The van der Waals surface area contributed by atoms with Crippen molar-refractivity contribution in [1.29, 1.82) is 0 Å². The van der Waals surface area contributed by atoms with E-state index in [9.17, 15) is 8.78 Å². The van der Waals surface area contributed by atoms with E-state index in [2.05, 4.69) is 10.1 Å². The maximum atomic E-state index is 13.5. The zero-order valence-electron chi connectivity index (χ0n) is 11.8. The van der Waals surface area contributed by atoms with Crippen LogP contribution in [0.25, 0.3) is 0 Å². The van der Waals surface area contributed by atoms with Crippen molar-refractivity contribution in [2.24, 2.45) is 5.73 Å². The maximum absolute atomic E-state index is 13.5. The molecular weight excluding hydrogens is 280 g/mol. The van der Waals surface area contributed by atoms with Gasteiger partial charge in [0.05, 0.1) is 25.2 Å². The summed E-state index contributed by atoms with van der Waals surface area (Å²) in [6, 6.07) is 2.83. The molecule has 0 aliphatic heterocycles. The SMILES string of the molecule is CC(C)OCC(N)c1noc(Cc2ccc(F)cc2F)n1. The summed E-state index contributed by atoms with van der Waals surface area (Å²) < 4.78 is 36.8. The Kier molecular flexibility index (Phi) is 4.98. The molecule has 1 unspecified atom stereocenters. The van der Waals surface area contributed by atoms with Crippen molar-refractivity contribution in [1.82, 2.24) is 10.1 Å². The van der Waals surface area contributed by atoms with Gasteiger partial charge in [0.25, 0.3) is 0 Å². The summed E-state index contributed by atoms with van der Waals surface area (Å²) in [6.07, 6.45) is 0.132. The van der Waals surface area contributed by atoms with E-state index >= 15 is 0 Å². The molecule has 21 heavy (non-hydrogen) atoms. The summed E-state index contributed by atoms with van der Waals surface area (Å²) >= 11 is 0. The number of nitrogens with two attached hydrogens (primary N) is 1. The maximum Gasteiger partial charge on any atom is 0.231 e. The lowest BCUT2D eigenvalue weighted by molar-refractivity contribution is 0.0665. The molecule has 0 amide bonds. The van der Waals surface area contributed by atoms with E-state index in [1.54, 1.807) is 0 Å². The first-order valence-corrected chi connectivity index (χ1v) is 6.59. The Hall–Kier alpha value is -1.86. The molecule has 2 N–H and O–H groups in total. The van der Waals surface area contributed by atoms with Crippen LogP contribution in [-0.4, -0.2) is 22.9 Å². The molecule has 114 valence electrons. The Balaban J connectivity index is 2.02. The molecule has 0 saturated carbocycles. The summed E-state index contributed by atoms with van der Waals surface area (Å²) in [5.74, 6) is -0.763. The molecule has 2 rings (SSSR count). The van der Waals surface area contributed by atoms with Gasteiger partial charge in [0.1, 0.15) is 11.6 Å². The molecule has 0 aliphatic rings. The van der Waals surface area contributed by atoms with E-state index < -0.39 is 17.7 Å². The Morgan fingerprint density at radius 3 is 2.76 bits per heavy atom. The van der Waals surface area contributed by atoms with Gasteiger partial charge in [-0.2, -0.15) is 4.98 Å². The molecule has 0 radical (unpaired) electrons. The third-order valence-electron chi connectivity index (χ3n) is 2.78. The van der Waals surface area contributed by atoms with Crippen molar-refractivity contribution >= 4 is 0 Å². The standard InChI is InChI=1S/C14H17F2N3O2/c1-8(2)20-7-12(17)14-18-13(21-19-14)5-9-3-4-10(15)6-11(9)16/h3-4,6,8,12H,5,7,17H2,1-2H3. The van der Waals surface area contributed by atoms with E-state index in [1.807, 2.05) is 13.8 Å². The molecule has 2 aromatic rings. The van der Waals surface area contributed by atoms with Gasteiger partial charge in [-0.05, 0) is 25.5 Å². The van der Waals surface area contributed by atoms with Crippen molar-refractivity contribution in [2.75, 3.05) is 6.61 Å². The second-order valence-corrected chi connectivity index (χ2v) is 4.95. The Bertz CT molecular complexity index is 602. The van der Waals surface area contributed by atoms with Gasteiger partial charge in [0, 0.05) is 6.07 Å². The summed E-state index contributed by atoms with van der Waals surface area (Å²) in [6.45, 7) is 4.05. The van der Waals surface area contributed by atoms with Crippen molar-refractivity contribution in [3.8, 4) is 0 Å². The van der Waals surface area contributed by atoms with Crippen LogP contribution in [0.2, 0.25) is 0 Å². The van der Waals surface area contributed by atoms with Crippen LogP contribution < -0.4 is 5.73 Å². The fraction of sp³-hybridized carbons (Fsp3) is 0.429. The largest absolute Gasteiger partial charge is 0.377 e. The highest BCUT2D eigenvalue weighted by molar-refractivity contribution is 5.21. The lowest BCUT2D eigenvalue weighted by Crippen LogP contribution is -2.20. The van der Waals surface area contributed by atoms with Gasteiger partial charge in [0.15, 0.2) is 5.82 Å². The number of nitrogens with zero attached hydrogens (tertiary/aromatic N) is 2. The lowest BCUT2D eigenvalue weighted by Gasteiger charge is -2.10. The van der Waals surface area contributed by atoms with Gasteiger partial charge in [-0.3, -0.25) is 0 Å². The van der Waals surface area contributed by atoms with Crippen LogP contribution >= 0.6 is 0 Å². The minimum Gasteiger partial charge on any atom is -0.377 e. The van der Waals surface area contributed by atoms with Crippen LogP contribution in [0.3, 0.4) is 0 Å². The van der Waals surface area contributed by atoms with E-state index in [0.717, 1.165) is 6.07 Å². The highest BCUT2D eigenvalue weighted by Crippen LogP contribution is 2.15. The molecule has 7 heteroatoms. The second kappa shape index (κ2) is 6.73. The van der Waals surface area contributed by atoms with Crippen molar-refractivity contribution in [3.05, 3.63) is 47.1 Å². The summed E-state index contributed by atoms with van der Waals surface area (Å²) in [7, 11) is 0. The first-order valence-electron chi connectivity index (χ1n) is 6.59. The second-order valence-electron chi connectivity index (χ2n) is 4.95. The first kappa shape index (κ1) is 15.5. The van der Waals surface area contributed by atoms with Crippen LogP contribution in [0, 0.1) is 11.6 Å². The van der Waals surface area contributed by atoms with Crippen LogP contribution in [0.1, 0.15) is 37.2 Å². The molecule has 0 fully saturated rings. The molecule has 1 aromatic heterocycles. The molecule has 0 spiro atoms. The number of aromatic nitrogens is 2.